The van der Waals surface area contributed by atoms with Crippen molar-refractivity contribution in [2.24, 2.45) is 0 Å². The summed E-state index contributed by atoms with van der Waals surface area (Å²) in [4.78, 5) is 127. The van der Waals surface area contributed by atoms with Crippen LogP contribution in [0.3, 0.4) is 0 Å². The second-order valence-corrected chi connectivity index (χ2v) is 20.3. The average Bonchev–Trinajstić information content (AvgIpc) is 3.92. The molecule has 1 aliphatic heterocycles. The van der Waals surface area contributed by atoms with Gasteiger partial charge in [-0.25, -0.2) is 0 Å². The largest absolute Gasteiger partial charge is 0.481 e. The highest BCUT2D eigenvalue weighted by atomic mass is 32.3. The fourth-order valence-electron chi connectivity index (χ4n) is 7.98. The predicted molar refractivity (Wildman–Crippen MR) is 275 cm³/mol. The van der Waals surface area contributed by atoms with Crippen molar-refractivity contribution in [3.05, 3.63) is 65.9 Å². The number of amides is 8. The standard InChI is InChI=1S/C48H66N8O14S3/c1-5-7-21-55(22-8-6-2)48(66)38(27-43(60)61)54-45(63)36(20-24-72-4)52-46(64)37(26-31-28-49-34-12-10-9-11-33(31)34)51-40(57)29-50-44(62)35(19-23-71-3)53-47(65)39(56-41(58)17-18-42(56)59)25-30-13-15-32(16-14-30)70-73(67,68)69/h9-16,28,35-39,49H,5-8,17-27,29H2,1-4H3,(H,50,62)(H,51,57)(H,52,64)(H,53,65)(H,54,63)(H,60,61)(H,67,68,69)/t35-,36-,37-,38-,39-/m0/s1. The van der Waals surface area contributed by atoms with Crippen molar-refractivity contribution in [1.82, 2.24) is 41.4 Å². The molecule has 400 valence electrons. The molecule has 1 saturated heterocycles. The number of aromatic nitrogens is 1. The number of carboxylic acids is 1. The zero-order chi connectivity index (χ0) is 53.7. The van der Waals surface area contributed by atoms with Crippen LogP contribution in [0.15, 0.2) is 54.7 Å². The zero-order valence-corrected chi connectivity index (χ0v) is 43.8. The lowest BCUT2D eigenvalue weighted by atomic mass is 10.0. The molecule has 22 nitrogen and oxygen atoms in total. The number of hydrogen-bond acceptors (Lipinski definition) is 14. The minimum Gasteiger partial charge on any atom is -0.481 e. The van der Waals surface area contributed by atoms with Crippen LogP contribution >= 0.6 is 23.5 Å². The first-order valence-corrected chi connectivity index (χ1v) is 28.1. The van der Waals surface area contributed by atoms with Gasteiger partial charge >= 0.3 is 16.4 Å². The summed E-state index contributed by atoms with van der Waals surface area (Å²) in [6.07, 6.45) is 6.95. The Morgan fingerprint density at radius 1 is 0.753 bits per heavy atom. The zero-order valence-electron chi connectivity index (χ0n) is 41.3. The van der Waals surface area contributed by atoms with Gasteiger partial charge in [0.1, 0.15) is 36.0 Å². The van der Waals surface area contributed by atoms with Gasteiger partial charge in [0.2, 0.25) is 47.3 Å². The molecule has 73 heavy (non-hydrogen) atoms. The van der Waals surface area contributed by atoms with E-state index in [1.807, 2.05) is 32.0 Å². The Balaban J connectivity index is 1.54. The van der Waals surface area contributed by atoms with Gasteiger partial charge in [-0.3, -0.25) is 52.6 Å². The number of carbonyl (C=O) groups excluding carboxylic acids is 8. The van der Waals surface area contributed by atoms with Crippen molar-refractivity contribution in [2.75, 3.05) is 43.7 Å². The van der Waals surface area contributed by atoms with Gasteiger partial charge in [-0.05, 0) is 79.0 Å². The summed E-state index contributed by atoms with van der Waals surface area (Å²) >= 11 is 2.74. The van der Waals surface area contributed by atoms with Crippen LogP contribution in [0.25, 0.3) is 10.9 Å². The molecule has 1 aromatic heterocycles. The van der Waals surface area contributed by atoms with Crippen LogP contribution in [-0.2, 0) is 66.4 Å². The Morgan fingerprint density at radius 2 is 1.32 bits per heavy atom. The van der Waals surface area contributed by atoms with Crippen molar-refractivity contribution in [3.63, 3.8) is 0 Å². The topological polar surface area (TPSA) is 320 Å². The molecule has 0 unspecified atom stereocenters. The van der Waals surface area contributed by atoms with Gasteiger partial charge in [-0.1, -0.05) is 57.0 Å². The number of para-hydroxylation sites is 1. The number of carbonyl (C=O) groups is 9. The van der Waals surface area contributed by atoms with Crippen molar-refractivity contribution in [2.45, 2.75) is 115 Å². The smallest absolute Gasteiger partial charge is 0.446 e. The molecule has 3 aromatic rings. The second kappa shape index (κ2) is 29.5. The lowest BCUT2D eigenvalue weighted by Gasteiger charge is -2.29. The fourth-order valence-corrected chi connectivity index (χ4v) is 9.28. The number of carboxylic acid groups (broad SMARTS) is 1. The van der Waals surface area contributed by atoms with E-state index in [1.54, 1.807) is 29.7 Å². The lowest BCUT2D eigenvalue weighted by molar-refractivity contribution is -0.147. The van der Waals surface area contributed by atoms with Crippen LogP contribution in [0.1, 0.15) is 82.8 Å². The summed E-state index contributed by atoms with van der Waals surface area (Å²) in [7, 11) is -4.83. The Bertz CT molecular complexity index is 2500. The molecule has 0 radical (unpaired) electrons. The molecule has 1 aliphatic rings. The van der Waals surface area contributed by atoms with E-state index >= 15 is 0 Å². The quantitative estimate of drug-likeness (QED) is 0.0328. The van der Waals surface area contributed by atoms with Gasteiger partial charge in [0.25, 0.3) is 0 Å². The number of fused-ring (bicyclic) bond motifs is 1. The molecule has 0 saturated carbocycles. The number of rotatable bonds is 32. The maximum absolute atomic E-state index is 14.3. The number of nitrogens with zero attached hydrogens (tertiary/aromatic N) is 2. The van der Waals surface area contributed by atoms with E-state index in [2.05, 4.69) is 35.8 Å². The summed E-state index contributed by atoms with van der Waals surface area (Å²) in [5.74, 6) is -6.69. The molecule has 0 aliphatic carbocycles. The van der Waals surface area contributed by atoms with Crippen LogP contribution in [0, 0.1) is 0 Å². The predicted octanol–water partition coefficient (Wildman–Crippen LogP) is 2.12. The molecule has 1 fully saturated rings. The molecular formula is C48H66N8O14S3. The van der Waals surface area contributed by atoms with Gasteiger partial charge in [-0.15, -0.1) is 0 Å². The Hall–Kier alpha value is -6.18. The maximum atomic E-state index is 14.3. The summed E-state index contributed by atoms with van der Waals surface area (Å²) < 4.78 is 35.8. The third-order valence-corrected chi connectivity index (χ3v) is 13.5. The van der Waals surface area contributed by atoms with Crippen molar-refractivity contribution < 1.29 is 65.4 Å². The minimum absolute atomic E-state index is 0.0518. The molecule has 2 heterocycles. The molecule has 4 rings (SSSR count). The van der Waals surface area contributed by atoms with Gasteiger partial charge in [0, 0.05) is 55.9 Å². The van der Waals surface area contributed by atoms with Crippen molar-refractivity contribution in [1.29, 1.82) is 0 Å². The SMILES string of the molecule is CCCCN(CCCC)C(=O)[C@H](CC(=O)O)NC(=O)[C@H](CCSC)NC(=O)[C@H](Cc1c[nH]c2ccccc12)NC(=O)CNC(=O)[C@H](CCSC)NC(=O)[C@H](Cc1ccc(OS(=O)(=O)O)cc1)N1C(=O)CCC1=O. The summed E-state index contributed by atoms with van der Waals surface area (Å²) in [5.41, 5.74) is 1.74. The monoisotopic (exact) mass is 1070 g/mol. The number of thioether (sulfide) groups is 2. The summed E-state index contributed by atoms with van der Waals surface area (Å²) in [6.45, 7) is 3.98. The van der Waals surface area contributed by atoms with E-state index < -0.39 is 107 Å². The second-order valence-electron chi connectivity index (χ2n) is 17.3. The average molecular weight is 1080 g/mol. The number of nitrogens with one attached hydrogen (secondary N) is 6. The van der Waals surface area contributed by atoms with Crippen LogP contribution in [0.4, 0.5) is 0 Å². The van der Waals surface area contributed by atoms with Gasteiger partial charge in [0.15, 0.2) is 0 Å². The van der Waals surface area contributed by atoms with E-state index in [0.29, 0.717) is 48.6 Å². The molecule has 2 aromatic carbocycles. The molecule has 8 amide bonds. The number of aromatic amines is 1. The number of imide groups is 1. The van der Waals surface area contributed by atoms with Crippen LogP contribution in [-0.4, -0.2) is 160 Å². The Kier molecular flexibility index (Phi) is 24.0. The van der Waals surface area contributed by atoms with E-state index in [0.717, 1.165) is 28.6 Å². The molecular weight excluding hydrogens is 1010 g/mol. The van der Waals surface area contributed by atoms with Gasteiger partial charge in [0.05, 0.1) is 13.0 Å². The van der Waals surface area contributed by atoms with E-state index in [1.165, 1.54) is 47.8 Å². The van der Waals surface area contributed by atoms with Gasteiger partial charge < -0.3 is 45.8 Å². The molecule has 0 bridgehead atoms. The van der Waals surface area contributed by atoms with Gasteiger partial charge in [-0.2, -0.15) is 31.9 Å². The highest BCUT2D eigenvalue weighted by Crippen LogP contribution is 2.23. The minimum atomic E-state index is -4.83. The van der Waals surface area contributed by atoms with Crippen molar-refractivity contribution in [3.8, 4) is 5.75 Å². The van der Waals surface area contributed by atoms with E-state index in [-0.39, 0.29) is 44.3 Å². The maximum Gasteiger partial charge on any atom is 0.446 e. The number of likely N-dealkylation sites (tertiary alicyclic amines) is 1. The molecule has 8 N–H and O–H groups in total. The van der Waals surface area contributed by atoms with E-state index in [9.17, 15) is 56.7 Å². The fraction of sp³-hybridized carbons (Fsp3) is 0.521. The Morgan fingerprint density at radius 3 is 1.89 bits per heavy atom. The number of benzene rings is 2. The third kappa shape index (κ3) is 19.0. The molecule has 0 spiro atoms. The first-order valence-electron chi connectivity index (χ1n) is 23.9. The number of aliphatic carboxylic acids is 1. The number of hydrogen-bond donors (Lipinski definition) is 8. The van der Waals surface area contributed by atoms with Crippen LogP contribution < -0.4 is 30.8 Å². The number of unbranched alkanes of at least 4 members (excludes halogenated alkanes) is 2. The van der Waals surface area contributed by atoms with Crippen LogP contribution in [0.5, 0.6) is 5.75 Å². The highest BCUT2D eigenvalue weighted by molar-refractivity contribution is 7.98. The summed E-state index contributed by atoms with van der Waals surface area (Å²) in [5, 5.41) is 23.6. The normalized spacial score (nSPS) is 14.6. The Labute approximate surface area is 432 Å². The highest BCUT2D eigenvalue weighted by Gasteiger charge is 2.40. The van der Waals surface area contributed by atoms with Crippen molar-refractivity contribution >= 4 is 98.1 Å². The third-order valence-electron chi connectivity index (χ3n) is 11.8. The lowest BCUT2D eigenvalue weighted by Crippen LogP contribution is -2.58. The summed E-state index contributed by atoms with van der Waals surface area (Å²) in [6, 6.07) is 5.62. The molecule has 25 heteroatoms. The number of H-pyrrole nitrogens is 1. The first-order chi connectivity index (χ1) is 34.8. The van der Waals surface area contributed by atoms with E-state index in [4.69, 9.17) is 4.55 Å². The molecule has 5 atom stereocenters. The van der Waals surface area contributed by atoms with Crippen LogP contribution in [0.2, 0.25) is 0 Å². The first kappa shape index (κ1) is 59.4.